The minimum absolute atomic E-state index is 0.205. The fourth-order valence-corrected chi connectivity index (χ4v) is 2.84. The van der Waals surface area contributed by atoms with Gasteiger partial charge in [0.1, 0.15) is 5.75 Å². The zero-order chi connectivity index (χ0) is 16.2. The Labute approximate surface area is 143 Å². The maximum absolute atomic E-state index is 9.82. The molecule has 0 saturated carbocycles. The molecule has 0 atom stereocenters. The van der Waals surface area contributed by atoms with Crippen molar-refractivity contribution in [2.24, 2.45) is 5.10 Å². The summed E-state index contributed by atoms with van der Waals surface area (Å²) >= 11 is 7.36. The van der Waals surface area contributed by atoms with Crippen LogP contribution in [0.5, 0.6) is 5.75 Å². The summed E-state index contributed by atoms with van der Waals surface area (Å²) in [4.78, 5) is 4.49. The van der Waals surface area contributed by atoms with E-state index in [1.165, 1.54) is 11.3 Å². The van der Waals surface area contributed by atoms with Crippen molar-refractivity contribution in [2.45, 2.75) is 6.92 Å². The van der Waals surface area contributed by atoms with E-state index < -0.39 is 0 Å². The molecule has 2 aromatic carbocycles. The van der Waals surface area contributed by atoms with Gasteiger partial charge >= 0.3 is 0 Å². The summed E-state index contributed by atoms with van der Waals surface area (Å²) < 4.78 is 0. The van der Waals surface area contributed by atoms with Crippen molar-refractivity contribution in [3.63, 3.8) is 0 Å². The first-order chi connectivity index (χ1) is 11.1. The molecule has 23 heavy (non-hydrogen) atoms. The van der Waals surface area contributed by atoms with Crippen LogP contribution in [0.1, 0.15) is 12.5 Å². The average Bonchev–Trinajstić information content (AvgIpc) is 3.03. The molecule has 0 aliphatic heterocycles. The predicted molar refractivity (Wildman–Crippen MR) is 96.5 cm³/mol. The number of thiazole rings is 1. The Morgan fingerprint density at radius 2 is 1.91 bits per heavy atom. The number of aromatic hydroxyl groups is 1. The van der Waals surface area contributed by atoms with E-state index in [0.717, 1.165) is 11.3 Å². The first kappa shape index (κ1) is 15.5. The molecular formula is C17H14ClN3OS. The van der Waals surface area contributed by atoms with Gasteiger partial charge < -0.3 is 5.11 Å². The Morgan fingerprint density at radius 3 is 2.65 bits per heavy atom. The molecule has 0 bridgehead atoms. The number of benzene rings is 2. The van der Waals surface area contributed by atoms with Gasteiger partial charge in [-0.25, -0.2) is 4.98 Å². The van der Waals surface area contributed by atoms with E-state index in [1.807, 2.05) is 48.7 Å². The first-order valence-corrected chi connectivity index (χ1v) is 8.19. The lowest BCUT2D eigenvalue weighted by atomic mass is 10.1. The molecule has 0 spiro atoms. The summed E-state index contributed by atoms with van der Waals surface area (Å²) in [5, 5.41) is 17.4. The third-order valence-corrected chi connectivity index (χ3v) is 4.26. The fraction of sp³-hybridized carbons (Fsp3) is 0.0588. The Morgan fingerprint density at radius 1 is 1.17 bits per heavy atom. The lowest BCUT2D eigenvalue weighted by Crippen LogP contribution is -1.99. The second-order valence-corrected chi connectivity index (χ2v) is 6.17. The van der Waals surface area contributed by atoms with Gasteiger partial charge in [0.2, 0.25) is 5.13 Å². The van der Waals surface area contributed by atoms with Crippen LogP contribution in [0.4, 0.5) is 5.13 Å². The second-order valence-electron chi connectivity index (χ2n) is 4.87. The molecule has 0 saturated heterocycles. The molecule has 1 heterocycles. The van der Waals surface area contributed by atoms with Crippen LogP contribution >= 0.6 is 22.9 Å². The molecule has 0 aliphatic rings. The Kier molecular flexibility index (Phi) is 4.60. The summed E-state index contributed by atoms with van der Waals surface area (Å²) in [6.07, 6.45) is 0. The van der Waals surface area contributed by atoms with Crippen molar-refractivity contribution in [2.75, 3.05) is 5.43 Å². The number of anilines is 1. The number of hydrogen-bond acceptors (Lipinski definition) is 5. The average molecular weight is 344 g/mol. The Bertz CT molecular complexity index is 843. The standard InChI is InChI=1S/C17H14ClN3OS/c1-11(14-4-2-3-5-16(14)22)20-21-17-19-15(10-23-17)12-6-8-13(18)9-7-12/h2-10,22H,1H3,(H,19,21)/b20-11-. The number of para-hydroxylation sites is 1. The smallest absolute Gasteiger partial charge is 0.203 e. The normalized spacial score (nSPS) is 11.5. The monoisotopic (exact) mass is 343 g/mol. The third kappa shape index (κ3) is 3.70. The lowest BCUT2D eigenvalue weighted by molar-refractivity contribution is 0.474. The number of phenols is 1. The number of rotatable bonds is 4. The van der Waals surface area contributed by atoms with Crippen LogP contribution in [0.25, 0.3) is 11.3 Å². The predicted octanol–water partition coefficient (Wildman–Crippen LogP) is 5.01. The van der Waals surface area contributed by atoms with Gasteiger partial charge in [-0.15, -0.1) is 11.3 Å². The van der Waals surface area contributed by atoms with Gasteiger partial charge in [0.05, 0.1) is 11.4 Å². The van der Waals surface area contributed by atoms with Crippen molar-refractivity contribution >= 4 is 33.8 Å². The molecule has 0 radical (unpaired) electrons. The van der Waals surface area contributed by atoms with E-state index in [-0.39, 0.29) is 5.75 Å². The molecule has 0 unspecified atom stereocenters. The van der Waals surface area contributed by atoms with Gasteiger partial charge in [-0.1, -0.05) is 35.9 Å². The second kappa shape index (κ2) is 6.81. The molecule has 3 aromatic rings. The minimum Gasteiger partial charge on any atom is -0.507 e. The van der Waals surface area contributed by atoms with Crippen molar-refractivity contribution in [1.82, 2.24) is 4.98 Å². The van der Waals surface area contributed by atoms with Crippen molar-refractivity contribution < 1.29 is 5.11 Å². The molecule has 2 N–H and O–H groups in total. The maximum atomic E-state index is 9.82. The molecule has 0 aliphatic carbocycles. The molecule has 116 valence electrons. The van der Waals surface area contributed by atoms with Gasteiger partial charge in [-0.3, -0.25) is 5.43 Å². The van der Waals surface area contributed by atoms with Gasteiger partial charge in [0.25, 0.3) is 0 Å². The molecular weight excluding hydrogens is 330 g/mol. The summed E-state index contributed by atoms with van der Waals surface area (Å²) in [5.41, 5.74) is 6.17. The fourth-order valence-electron chi connectivity index (χ4n) is 2.05. The summed E-state index contributed by atoms with van der Waals surface area (Å²) in [6.45, 7) is 1.83. The van der Waals surface area contributed by atoms with Crippen LogP contribution in [0.2, 0.25) is 5.02 Å². The summed E-state index contributed by atoms with van der Waals surface area (Å²) in [7, 11) is 0. The topological polar surface area (TPSA) is 57.5 Å². The lowest BCUT2D eigenvalue weighted by Gasteiger charge is -2.03. The van der Waals surface area contributed by atoms with E-state index in [9.17, 15) is 5.11 Å². The van der Waals surface area contributed by atoms with Crippen molar-refractivity contribution in [3.8, 4) is 17.0 Å². The number of hydrogen-bond donors (Lipinski definition) is 2. The number of halogens is 1. The van der Waals surface area contributed by atoms with Crippen molar-refractivity contribution in [3.05, 3.63) is 64.5 Å². The number of phenolic OH excluding ortho intramolecular Hbond substituents is 1. The van der Waals surface area contributed by atoms with Crippen LogP contribution in [0, 0.1) is 0 Å². The molecule has 0 fully saturated rings. The number of nitrogens with zero attached hydrogens (tertiary/aromatic N) is 2. The van der Waals surface area contributed by atoms with E-state index in [2.05, 4.69) is 15.5 Å². The Balaban J connectivity index is 1.75. The zero-order valence-corrected chi connectivity index (χ0v) is 13.9. The highest BCUT2D eigenvalue weighted by atomic mass is 35.5. The van der Waals surface area contributed by atoms with Gasteiger partial charge in [0, 0.05) is 21.5 Å². The SMILES string of the molecule is C/C(=N/Nc1nc(-c2ccc(Cl)cc2)cs1)c1ccccc1O. The van der Waals surface area contributed by atoms with Gasteiger partial charge in [0.15, 0.2) is 0 Å². The van der Waals surface area contributed by atoms with E-state index in [4.69, 9.17) is 11.6 Å². The molecule has 6 heteroatoms. The number of hydrazone groups is 1. The largest absolute Gasteiger partial charge is 0.507 e. The van der Waals surface area contributed by atoms with Gasteiger partial charge in [-0.05, 0) is 31.2 Å². The highest BCUT2D eigenvalue weighted by molar-refractivity contribution is 7.14. The number of nitrogens with one attached hydrogen (secondary N) is 1. The van der Waals surface area contributed by atoms with Crippen LogP contribution < -0.4 is 5.43 Å². The minimum atomic E-state index is 0.205. The summed E-state index contributed by atoms with van der Waals surface area (Å²) in [5.74, 6) is 0.205. The Hall–Kier alpha value is -2.37. The number of aromatic nitrogens is 1. The third-order valence-electron chi connectivity index (χ3n) is 3.26. The first-order valence-electron chi connectivity index (χ1n) is 6.93. The van der Waals surface area contributed by atoms with E-state index >= 15 is 0 Å². The zero-order valence-electron chi connectivity index (χ0n) is 12.3. The van der Waals surface area contributed by atoms with Crippen molar-refractivity contribution in [1.29, 1.82) is 0 Å². The van der Waals surface area contributed by atoms with E-state index in [1.54, 1.807) is 12.1 Å². The van der Waals surface area contributed by atoms with E-state index in [0.29, 0.717) is 21.4 Å². The summed E-state index contributed by atoms with van der Waals surface area (Å²) in [6, 6.07) is 14.6. The molecule has 4 nitrogen and oxygen atoms in total. The quantitative estimate of drug-likeness (QED) is 0.517. The highest BCUT2D eigenvalue weighted by Gasteiger charge is 2.06. The molecule has 1 aromatic heterocycles. The van der Waals surface area contributed by atoms with Crippen LogP contribution in [0.3, 0.4) is 0 Å². The molecule has 3 rings (SSSR count). The van der Waals surface area contributed by atoms with Crippen LogP contribution in [0.15, 0.2) is 59.0 Å². The highest BCUT2D eigenvalue weighted by Crippen LogP contribution is 2.26. The maximum Gasteiger partial charge on any atom is 0.203 e. The van der Waals surface area contributed by atoms with Crippen LogP contribution in [-0.2, 0) is 0 Å². The molecule has 0 amide bonds. The van der Waals surface area contributed by atoms with Gasteiger partial charge in [-0.2, -0.15) is 5.10 Å². The van der Waals surface area contributed by atoms with Crippen LogP contribution in [-0.4, -0.2) is 15.8 Å².